The van der Waals surface area contributed by atoms with Crippen molar-refractivity contribution in [1.82, 2.24) is 19.6 Å². The van der Waals surface area contributed by atoms with E-state index in [1.165, 1.54) is 5.56 Å². The van der Waals surface area contributed by atoms with E-state index in [1.54, 1.807) is 22.2 Å². The number of carbonyl (C=O) groups excluding carboxylic acids is 1. The maximum atomic E-state index is 12.5. The van der Waals surface area contributed by atoms with Gasteiger partial charge >= 0.3 is 0 Å². The molecule has 2 saturated heterocycles. The molecule has 1 unspecified atom stereocenters. The van der Waals surface area contributed by atoms with Gasteiger partial charge < -0.3 is 4.90 Å². The first-order chi connectivity index (χ1) is 11.6. The number of anilines is 1. The van der Waals surface area contributed by atoms with Gasteiger partial charge in [-0.3, -0.25) is 19.3 Å². The SMILES string of the molecule is CN1CC(=O)N(c2cnn(C)c2)CC12CCN(Cc1ccsc1)C2. The third-order valence-corrected chi connectivity index (χ3v) is 6.07. The molecule has 2 fully saturated rings. The molecule has 0 aliphatic carbocycles. The van der Waals surface area contributed by atoms with E-state index in [1.807, 2.05) is 18.1 Å². The summed E-state index contributed by atoms with van der Waals surface area (Å²) in [5.74, 6) is 0.160. The highest BCUT2D eigenvalue weighted by molar-refractivity contribution is 7.07. The summed E-state index contributed by atoms with van der Waals surface area (Å²) in [5.41, 5.74) is 2.33. The molecule has 0 bridgehead atoms. The van der Waals surface area contributed by atoms with E-state index in [0.717, 1.165) is 38.3 Å². The van der Waals surface area contributed by atoms with Gasteiger partial charge in [0, 0.05) is 39.4 Å². The van der Waals surface area contributed by atoms with Crippen molar-refractivity contribution in [3.63, 3.8) is 0 Å². The second-order valence-electron chi connectivity index (χ2n) is 7.02. The van der Waals surface area contributed by atoms with E-state index in [2.05, 4.69) is 38.8 Å². The van der Waals surface area contributed by atoms with Crippen LogP contribution in [0.15, 0.2) is 29.2 Å². The number of aryl methyl sites for hydroxylation is 1. The highest BCUT2D eigenvalue weighted by Crippen LogP contribution is 2.34. The van der Waals surface area contributed by atoms with Gasteiger partial charge in [0.2, 0.25) is 5.91 Å². The lowest BCUT2D eigenvalue weighted by Gasteiger charge is -2.46. The Hall–Kier alpha value is -1.70. The smallest absolute Gasteiger partial charge is 0.241 e. The number of nitrogens with zero attached hydrogens (tertiary/aromatic N) is 5. The van der Waals surface area contributed by atoms with E-state index in [9.17, 15) is 4.79 Å². The average molecular weight is 345 g/mol. The molecule has 2 aliphatic rings. The van der Waals surface area contributed by atoms with Crippen LogP contribution >= 0.6 is 11.3 Å². The number of hydrogen-bond acceptors (Lipinski definition) is 5. The maximum absolute atomic E-state index is 12.5. The fourth-order valence-corrected chi connectivity index (χ4v) is 4.56. The standard InChI is InChI=1S/C17H23N5OS/c1-19-10-16(23)22(15-7-18-20(2)9-15)13-17(19)4-5-21(12-17)8-14-3-6-24-11-14/h3,6-7,9,11H,4-5,8,10,12-13H2,1-2H3. The minimum absolute atomic E-state index is 0.0414. The van der Waals surface area contributed by atoms with Crippen molar-refractivity contribution in [3.8, 4) is 0 Å². The molecule has 4 rings (SSSR count). The van der Waals surface area contributed by atoms with E-state index in [4.69, 9.17) is 0 Å². The molecule has 0 N–H and O–H groups in total. The van der Waals surface area contributed by atoms with Gasteiger partial charge in [0.15, 0.2) is 0 Å². The zero-order chi connectivity index (χ0) is 16.7. The van der Waals surface area contributed by atoms with Gasteiger partial charge in [0.05, 0.1) is 24.0 Å². The second-order valence-corrected chi connectivity index (χ2v) is 7.80. The number of thiophene rings is 1. The molecule has 128 valence electrons. The van der Waals surface area contributed by atoms with Crippen LogP contribution in [0.1, 0.15) is 12.0 Å². The fourth-order valence-electron chi connectivity index (χ4n) is 3.90. The first-order valence-electron chi connectivity index (χ1n) is 8.29. The van der Waals surface area contributed by atoms with Crippen LogP contribution in [0.3, 0.4) is 0 Å². The van der Waals surface area contributed by atoms with Gasteiger partial charge in [-0.1, -0.05) is 0 Å². The van der Waals surface area contributed by atoms with Crippen LogP contribution in [-0.2, 0) is 18.4 Å². The van der Waals surface area contributed by atoms with Crippen LogP contribution in [0.5, 0.6) is 0 Å². The Balaban J connectivity index is 1.52. The van der Waals surface area contributed by atoms with Gasteiger partial charge in [-0.25, -0.2) is 0 Å². The summed E-state index contributed by atoms with van der Waals surface area (Å²) in [6.07, 6.45) is 4.81. The number of piperazine rings is 1. The summed E-state index contributed by atoms with van der Waals surface area (Å²) in [5, 5.41) is 8.58. The first-order valence-corrected chi connectivity index (χ1v) is 9.24. The highest BCUT2D eigenvalue weighted by Gasteiger charge is 2.47. The largest absolute Gasteiger partial charge is 0.306 e. The summed E-state index contributed by atoms with van der Waals surface area (Å²) in [7, 11) is 3.98. The van der Waals surface area contributed by atoms with Crippen LogP contribution < -0.4 is 4.90 Å². The van der Waals surface area contributed by atoms with Gasteiger partial charge in [-0.2, -0.15) is 16.4 Å². The lowest BCUT2D eigenvalue weighted by Crippen LogP contribution is -2.64. The third kappa shape index (κ3) is 2.76. The normalized spacial score (nSPS) is 25.9. The molecule has 1 amide bonds. The summed E-state index contributed by atoms with van der Waals surface area (Å²) >= 11 is 1.75. The van der Waals surface area contributed by atoms with Crippen molar-refractivity contribution >= 4 is 22.9 Å². The molecule has 24 heavy (non-hydrogen) atoms. The maximum Gasteiger partial charge on any atom is 0.241 e. The van der Waals surface area contributed by atoms with Gasteiger partial charge in [0.1, 0.15) is 0 Å². The summed E-state index contributed by atoms with van der Waals surface area (Å²) < 4.78 is 1.76. The first kappa shape index (κ1) is 15.8. The molecule has 0 saturated carbocycles. The quantitative estimate of drug-likeness (QED) is 0.844. The molecule has 2 aliphatic heterocycles. The number of likely N-dealkylation sites (tertiary alicyclic amines) is 1. The van der Waals surface area contributed by atoms with E-state index in [-0.39, 0.29) is 11.4 Å². The fraction of sp³-hybridized carbons (Fsp3) is 0.529. The monoisotopic (exact) mass is 345 g/mol. The predicted octanol–water partition coefficient (Wildman–Crippen LogP) is 1.40. The van der Waals surface area contributed by atoms with Crippen LogP contribution in [0.25, 0.3) is 0 Å². The van der Waals surface area contributed by atoms with E-state index < -0.39 is 0 Å². The molecular weight excluding hydrogens is 322 g/mol. The Bertz CT molecular complexity index is 727. The summed E-state index contributed by atoms with van der Waals surface area (Å²) in [6, 6.07) is 2.20. The van der Waals surface area contributed by atoms with Crippen molar-refractivity contribution in [3.05, 3.63) is 34.8 Å². The zero-order valence-corrected chi connectivity index (χ0v) is 15.0. The van der Waals surface area contributed by atoms with Crippen LogP contribution in [0.4, 0.5) is 5.69 Å². The molecule has 1 spiro atoms. The second kappa shape index (κ2) is 5.98. The highest BCUT2D eigenvalue weighted by atomic mass is 32.1. The van der Waals surface area contributed by atoms with Crippen LogP contribution in [-0.4, -0.2) is 64.3 Å². The van der Waals surface area contributed by atoms with E-state index in [0.29, 0.717) is 6.54 Å². The number of likely N-dealkylation sites (N-methyl/N-ethyl adjacent to an activating group) is 1. The molecular formula is C17H23N5OS. The minimum Gasteiger partial charge on any atom is -0.306 e. The topological polar surface area (TPSA) is 44.6 Å². The van der Waals surface area contributed by atoms with Crippen molar-refractivity contribution in [1.29, 1.82) is 0 Å². The van der Waals surface area contributed by atoms with Crippen molar-refractivity contribution in [2.75, 3.05) is 38.1 Å². The number of rotatable bonds is 3. The minimum atomic E-state index is 0.0414. The van der Waals surface area contributed by atoms with Gasteiger partial charge in [-0.15, -0.1) is 0 Å². The Kier molecular flexibility index (Phi) is 3.94. The average Bonchev–Trinajstić information content (AvgIpc) is 3.26. The lowest BCUT2D eigenvalue weighted by atomic mass is 9.93. The molecule has 6 nitrogen and oxygen atoms in total. The van der Waals surface area contributed by atoms with Crippen molar-refractivity contribution in [2.24, 2.45) is 7.05 Å². The number of hydrogen-bond donors (Lipinski definition) is 0. The molecule has 2 aromatic rings. The van der Waals surface area contributed by atoms with Gasteiger partial charge in [0.25, 0.3) is 0 Å². The molecule has 1 atom stereocenters. The van der Waals surface area contributed by atoms with Crippen LogP contribution in [0.2, 0.25) is 0 Å². The number of carbonyl (C=O) groups is 1. The lowest BCUT2D eigenvalue weighted by molar-refractivity contribution is -0.123. The predicted molar refractivity (Wildman–Crippen MR) is 95.1 cm³/mol. The molecule has 0 radical (unpaired) electrons. The van der Waals surface area contributed by atoms with Crippen molar-refractivity contribution in [2.45, 2.75) is 18.5 Å². The Morgan fingerprint density at radius 3 is 2.92 bits per heavy atom. The summed E-state index contributed by atoms with van der Waals surface area (Å²) in [4.78, 5) is 19.2. The molecule has 4 heterocycles. The van der Waals surface area contributed by atoms with Gasteiger partial charge in [-0.05, 0) is 35.9 Å². The Labute approximate surface area is 146 Å². The molecule has 2 aromatic heterocycles. The number of aromatic nitrogens is 2. The molecule has 7 heteroatoms. The summed E-state index contributed by atoms with van der Waals surface area (Å²) in [6.45, 7) is 4.30. The van der Waals surface area contributed by atoms with E-state index >= 15 is 0 Å². The number of amides is 1. The Morgan fingerprint density at radius 1 is 1.33 bits per heavy atom. The van der Waals surface area contributed by atoms with Crippen molar-refractivity contribution < 1.29 is 4.79 Å². The zero-order valence-electron chi connectivity index (χ0n) is 14.2. The van der Waals surface area contributed by atoms with Crippen LogP contribution in [0, 0.1) is 0 Å². The molecule has 0 aromatic carbocycles. The third-order valence-electron chi connectivity index (χ3n) is 5.34. The Morgan fingerprint density at radius 2 is 2.21 bits per heavy atom.